The number of amides is 1. The predicted octanol–water partition coefficient (Wildman–Crippen LogP) is 3.08. The number of fused-ring (bicyclic) bond motifs is 1. The van der Waals surface area contributed by atoms with Gasteiger partial charge in [-0.1, -0.05) is 40.2 Å². The molecule has 19 heavy (non-hydrogen) atoms. The Morgan fingerprint density at radius 2 is 1.89 bits per heavy atom. The van der Waals surface area contributed by atoms with Crippen molar-refractivity contribution >= 4 is 21.8 Å². The van der Waals surface area contributed by atoms with Gasteiger partial charge in [-0.2, -0.15) is 0 Å². The summed E-state index contributed by atoms with van der Waals surface area (Å²) in [6, 6.07) is 8.42. The Bertz CT molecular complexity index is 449. The minimum atomic E-state index is 0.151. The molecule has 1 fully saturated rings. The molecule has 3 rings (SSSR count). The number of benzene rings is 1. The van der Waals surface area contributed by atoms with Crippen LogP contribution in [-0.2, 0) is 17.6 Å². The van der Waals surface area contributed by atoms with E-state index in [2.05, 4.69) is 45.5 Å². The Kier molecular flexibility index (Phi) is 3.92. The van der Waals surface area contributed by atoms with E-state index in [0.29, 0.717) is 10.7 Å². The van der Waals surface area contributed by atoms with Crippen molar-refractivity contribution in [3.63, 3.8) is 0 Å². The van der Waals surface area contributed by atoms with Gasteiger partial charge in [-0.15, -0.1) is 0 Å². The third-order valence-electron chi connectivity index (χ3n) is 4.46. The van der Waals surface area contributed by atoms with Crippen LogP contribution in [0.2, 0.25) is 0 Å². The molecule has 2 atom stereocenters. The van der Waals surface area contributed by atoms with E-state index in [4.69, 9.17) is 0 Å². The highest BCUT2D eigenvalue weighted by Crippen LogP contribution is 2.30. The molecule has 102 valence electrons. The fourth-order valence-corrected chi connectivity index (χ4v) is 4.13. The monoisotopic (exact) mass is 321 g/mol. The van der Waals surface area contributed by atoms with Crippen LogP contribution in [0.3, 0.4) is 0 Å². The van der Waals surface area contributed by atoms with Gasteiger partial charge in [0.2, 0.25) is 5.91 Å². The molecular formula is C16H20BrNO. The van der Waals surface area contributed by atoms with Gasteiger partial charge in [0.05, 0.1) is 0 Å². The molecule has 1 N–H and O–H groups in total. The van der Waals surface area contributed by atoms with Crippen LogP contribution in [0.25, 0.3) is 0 Å². The van der Waals surface area contributed by atoms with Gasteiger partial charge in [0.1, 0.15) is 0 Å². The highest BCUT2D eigenvalue weighted by molar-refractivity contribution is 9.09. The van der Waals surface area contributed by atoms with Gasteiger partial charge in [-0.3, -0.25) is 4.79 Å². The summed E-state index contributed by atoms with van der Waals surface area (Å²) in [7, 11) is 0. The van der Waals surface area contributed by atoms with E-state index < -0.39 is 0 Å². The van der Waals surface area contributed by atoms with Gasteiger partial charge in [0.25, 0.3) is 0 Å². The SMILES string of the molecule is O=C(NCC1CCC(Br)C1)C1Cc2ccccc2C1. The third-order valence-corrected chi connectivity index (χ3v) is 5.30. The van der Waals surface area contributed by atoms with Crippen molar-refractivity contribution in [1.29, 1.82) is 0 Å². The fraction of sp³-hybridized carbons (Fsp3) is 0.562. The molecule has 1 aromatic carbocycles. The maximum Gasteiger partial charge on any atom is 0.223 e. The summed E-state index contributed by atoms with van der Waals surface area (Å²) in [6.07, 6.45) is 5.50. The van der Waals surface area contributed by atoms with Gasteiger partial charge in [0, 0.05) is 17.3 Å². The van der Waals surface area contributed by atoms with E-state index in [1.165, 1.54) is 30.4 Å². The Hall–Kier alpha value is -0.830. The minimum absolute atomic E-state index is 0.151. The van der Waals surface area contributed by atoms with Gasteiger partial charge >= 0.3 is 0 Å². The van der Waals surface area contributed by atoms with Crippen molar-refractivity contribution < 1.29 is 4.79 Å². The number of nitrogens with one attached hydrogen (secondary N) is 1. The van der Waals surface area contributed by atoms with Crippen molar-refractivity contribution in [2.24, 2.45) is 11.8 Å². The van der Waals surface area contributed by atoms with Crippen molar-refractivity contribution in [1.82, 2.24) is 5.32 Å². The van der Waals surface area contributed by atoms with Crippen LogP contribution in [-0.4, -0.2) is 17.3 Å². The molecule has 0 aliphatic heterocycles. The van der Waals surface area contributed by atoms with Crippen LogP contribution in [0.1, 0.15) is 30.4 Å². The first-order chi connectivity index (χ1) is 9.22. The summed E-state index contributed by atoms with van der Waals surface area (Å²) >= 11 is 3.66. The second-order valence-electron chi connectivity index (χ2n) is 5.90. The van der Waals surface area contributed by atoms with E-state index in [9.17, 15) is 4.79 Å². The quantitative estimate of drug-likeness (QED) is 0.852. The third kappa shape index (κ3) is 3.02. The lowest BCUT2D eigenvalue weighted by atomic mass is 10.0. The fourth-order valence-electron chi connectivity index (χ4n) is 3.33. The molecule has 3 heteroatoms. The zero-order chi connectivity index (χ0) is 13.2. The Morgan fingerprint density at radius 3 is 2.47 bits per heavy atom. The van der Waals surface area contributed by atoms with E-state index in [0.717, 1.165) is 19.4 Å². The molecule has 1 saturated carbocycles. The lowest BCUT2D eigenvalue weighted by molar-refractivity contribution is -0.124. The van der Waals surface area contributed by atoms with Gasteiger partial charge in [-0.05, 0) is 49.1 Å². The van der Waals surface area contributed by atoms with Crippen LogP contribution < -0.4 is 5.32 Å². The number of carbonyl (C=O) groups excluding carboxylic acids is 1. The van der Waals surface area contributed by atoms with Gasteiger partial charge in [-0.25, -0.2) is 0 Å². The molecular weight excluding hydrogens is 302 g/mol. The summed E-state index contributed by atoms with van der Waals surface area (Å²) in [6.45, 7) is 0.855. The van der Waals surface area contributed by atoms with Crippen LogP contribution in [0, 0.1) is 11.8 Å². The van der Waals surface area contributed by atoms with Crippen molar-refractivity contribution in [3.8, 4) is 0 Å². The smallest absolute Gasteiger partial charge is 0.223 e. The first kappa shape index (κ1) is 13.2. The van der Waals surface area contributed by atoms with E-state index in [1.807, 2.05) is 0 Å². The van der Waals surface area contributed by atoms with Crippen LogP contribution in [0.4, 0.5) is 0 Å². The predicted molar refractivity (Wildman–Crippen MR) is 80.4 cm³/mol. The largest absolute Gasteiger partial charge is 0.356 e. The van der Waals surface area contributed by atoms with Crippen molar-refractivity contribution in [3.05, 3.63) is 35.4 Å². The van der Waals surface area contributed by atoms with Crippen molar-refractivity contribution in [2.75, 3.05) is 6.54 Å². The van der Waals surface area contributed by atoms with Crippen molar-refractivity contribution in [2.45, 2.75) is 36.9 Å². The molecule has 0 saturated heterocycles. The molecule has 2 aliphatic rings. The zero-order valence-corrected chi connectivity index (χ0v) is 12.7. The number of rotatable bonds is 3. The zero-order valence-electron chi connectivity index (χ0n) is 11.1. The molecule has 0 aromatic heterocycles. The summed E-state index contributed by atoms with van der Waals surface area (Å²) in [4.78, 5) is 12.9. The molecule has 2 unspecified atom stereocenters. The summed E-state index contributed by atoms with van der Waals surface area (Å²) in [5.74, 6) is 1.06. The number of carbonyl (C=O) groups is 1. The summed E-state index contributed by atoms with van der Waals surface area (Å²) in [5.41, 5.74) is 2.70. The number of alkyl halides is 1. The lowest BCUT2D eigenvalue weighted by Gasteiger charge is -2.14. The molecule has 1 amide bonds. The molecule has 1 aromatic rings. The maximum absolute atomic E-state index is 12.2. The first-order valence-electron chi connectivity index (χ1n) is 7.21. The van der Waals surface area contributed by atoms with Crippen LogP contribution >= 0.6 is 15.9 Å². The van der Waals surface area contributed by atoms with E-state index >= 15 is 0 Å². The van der Waals surface area contributed by atoms with Gasteiger partial charge < -0.3 is 5.32 Å². The molecule has 0 heterocycles. The van der Waals surface area contributed by atoms with Crippen LogP contribution in [0.5, 0.6) is 0 Å². The topological polar surface area (TPSA) is 29.1 Å². The number of hydrogen-bond donors (Lipinski definition) is 1. The Morgan fingerprint density at radius 1 is 1.21 bits per heavy atom. The number of hydrogen-bond acceptors (Lipinski definition) is 1. The Labute approximate surface area is 123 Å². The van der Waals surface area contributed by atoms with Crippen LogP contribution in [0.15, 0.2) is 24.3 Å². The maximum atomic E-state index is 12.2. The molecule has 0 spiro atoms. The average Bonchev–Trinajstić information content (AvgIpc) is 3.01. The van der Waals surface area contributed by atoms with E-state index in [1.54, 1.807) is 0 Å². The molecule has 0 bridgehead atoms. The first-order valence-corrected chi connectivity index (χ1v) is 8.12. The number of halogens is 1. The standard InChI is InChI=1S/C16H20BrNO/c17-15-6-5-11(7-15)10-18-16(19)14-8-12-3-1-2-4-13(12)9-14/h1-4,11,14-15H,5-10H2,(H,18,19). The highest BCUT2D eigenvalue weighted by Gasteiger charge is 2.28. The second kappa shape index (κ2) is 5.66. The van der Waals surface area contributed by atoms with E-state index in [-0.39, 0.29) is 11.8 Å². The molecule has 0 radical (unpaired) electrons. The minimum Gasteiger partial charge on any atom is -0.356 e. The highest BCUT2D eigenvalue weighted by atomic mass is 79.9. The van der Waals surface area contributed by atoms with Gasteiger partial charge in [0.15, 0.2) is 0 Å². The molecule has 2 nitrogen and oxygen atoms in total. The Balaban J connectivity index is 1.50. The normalized spacial score (nSPS) is 26.4. The lowest BCUT2D eigenvalue weighted by Crippen LogP contribution is -2.34. The second-order valence-corrected chi connectivity index (χ2v) is 7.19. The summed E-state index contributed by atoms with van der Waals surface area (Å²) in [5, 5.41) is 3.16. The summed E-state index contributed by atoms with van der Waals surface area (Å²) < 4.78 is 0. The average molecular weight is 322 g/mol. The molecule has 2 aliphatic carbocycles.